The van der Waals surface area contributed by atoms with Gasteiger partial charge in [-0.05, 0) is 30.2 Å². The summed E-state index contributed by atoms with van der Waals surface area (Å²) in [4.78, 5) is 0. The van der Waals surface area contributed by atoms with Gasteiger partial charge in [0.1, 0.15) is 0 Å². The first-order valence-electron chi connectivity index (χ1n) is 5.36. The fourth-order valence-electron chi connectivity index (χ4n) is 3.33. The Kier molecular flexibility index (Phi) is 1.50. The molecule has 0 saturated heterocycles. The third-order valence-corrected chi connectivity index (χ3v) is 4.01. The van der Waals surface area contributed by atoms with Crippen molar-refractivity contribution in [1.29, 1.82) is 5.26 Å². The van der Waals surface area contributed by atoms with Crippen molar-refractivity contribution in [1.82, 2.24) is 0 Å². The number of fused-ring (bicyclic) bond motifs is 1. The van der Waals surface area contributed by atoms with Crippen molar-refractivity contribution >= 4 is 0 Å². The average Bonchev–Trinajstić information content (AvgIpc) is 2.62. The van der Waals surface area contributed by atoms with Gasteiger partial charge in [0.15, 0.2) is 0 Å². The molecule has 1 nitrogen and oxygen atoms in total. The van der Waals surface area contributed by atoms with E-state index in [0.717, 1.165) is 0 Å². The van der Waals surface area contributed by atoms with E-state index in [-0.39, 0.29) is 5.41 Å². The number of hydrogen-bond acceptors (Lipinski definition) is 1. The fourth-order valence-corrected chi connectivity index (χ4v) is 3.33. The highest BCUT2D eigenvalue weighted by atomic mass is 14.7. The smallest absolute Gasteiger partial charge is 0.0885 e. The van der Waals surface area contributed by atoms with Crippen molar-refractivity contribution in [2.45, 2.75) is 24.7 Å². The van der Waals surface area contributed by atoms with E-state index in [4.69, 9.17) is 0 Å². The summed E-state index contributed by atoms with van der Waals surface area (Å²) in [5, 5.41) is 9.37. The summed E-state index contributed by atoms with van der Waals surface area (Å²) in [6, 6.07) is 12.9. The average molecular weight is 183 g/mol. The van der Waals surface area contributed by atoms with Gasteiger partial charge in [0, 0.05) is 0 Å². The lowest BCUT2D eigenvalue weighted by molar-refractivity contribution is 0.605. The van der Waals surface area contributed by atoms with Crippen LogP contribution in [0.15, 0.2) is 30.3 Å². The molecular weight excluding hydrogens is 170 g/mol. The summed E-state index contributed by atoms with van der Waals surface area (Å²) >= 11 is 0. The van der Waals surface area contributed by atoms with Crippen LogP contribution >= 0.6 is 0 Å². The first kappa shape index (κ1) is 8.05. The molecule has 0 amide bonds. The first-order chi connectivity index (χ1) is 6.89. The van der Waals surface area contributed by atoms with Crippen molar-refractivity contribution in [2.24, 2.45) is 11.8 Å². The van der Waals surface area contributed by atoms with Gasteiger partial charge in [-0.15, -0.1) is 0 Å². The van der Waals surface area contributed by atoms with Crippen LogP contribution in [0.5, 0.6) is 0 Å². The van der Waals surface area contributed by atoms with Gasteiger partial charge in [-0.2, -0.15) is 5.26 Å². The molecule has 0 bridgehead atoms. The zero-order valence-corrected chi connectivity index (χ0v) is 8.11. The van der Waals surface area contributed by atoms with Gasteiger partial charge >= 0.3 is 0 Å². The van der Waals surface area contributed by atoms with Gasteiger partial charge in [0.05, 0.1) is 11.5 Å². The van der Waals surface area contributed by atoms with Crippen molar-refractivity contribution < 1.29 is 0 Å². The van der Waals surface area contributed by atoms with E-state index in [2.05, 4.69) is 18.2 Å². The molecule has 70 valence electrons. The van der Waals surface area contributed by atoms with Gasteiger partial charge < -0.3 is 0 Å². The molecule has 3 rings (SSSR count). The van der Waals surface area contributed by atoms with Crippen LogP contribution < -0.4 is 0 Å². The Morgan fingerprint density at radius 2 is 1.79 bits per heavy atom. The number of benzene rings is 1. The minimum absolute atomic E-state index is 0.0977. The number of rotatable bonds is 1. The largest absolute Gasteiger partial charge is 0.197 e. The first-order valence-corrected chi connectivity index (χ1v) is 5.36. The summed E-state index contributed by atoms with van der Waals surface area (Å²) in [5.41, 5.74) is 1.15. The fraction of sp³-hybridized carbons (Fsp3) is 0.462. The maximum Gasteiger partial charge on any atom is 0.0885 e. The molecule has 0 aromatic heterocycles. The predicted octanol–water partition coefficient (Wildman–Crippen LogP) is 2.88. The van der Waals surface area contributed by atoms with Gasteiger partial charge in [0.25, 0.3) is 0 Å². The summed E-state index contributed by atoms with van der Waals surface area (Å²) < 4.78 is 0. The van der Waals surface area contributed by atoms with Gasteiger partial charge in [-0.1, -0.05) is 36.8 Å². The Hall–Kier alpha value is -1.29. The molecule has 0 N–H and O–H groups in total. The lowest BCUT2D eigenvalue weighted by Crippen LogP contribution is -2.11. The van der Waals surface area contributed by atoms with Crippen LogP contribution in [0, 0.1) is 23.2 Å². The Labute approximate surface area is 84.4 Å². The molecule has 1 heteroatoms. The van der Waals surface area contributed by atoms with Gasteiger partial charge in [0.2, 0.25) is 0 Å². The van der Waals surface area contributed by atoms with Crippen molar-refractivity contribution in [2.75, 3.05) is 0 Å². The summed E-state index contributed by atoms with van der Waals surface area (Å²) in [6.07, 6.45) is 3.84. The second-order valence-electron chi connectivity index (χ2n) is 4.49. The molecule has 2 atom stereocenters. The van der Waals surface area contributed by atoms with Crippen LogP contribution in [0.25, 0.3) is 0 Å². The Balaban J connectivity index is 2.03. The van der Waals surface area contributed by atoms with Crippen molar-refractivity contribution in [3.63, 3.8) is 0 Å². The van der Waals surface area contributed by atoms with Crippen LogP contribution in [0.2, 0.25) is 0 Å². The lowest BCUT2D eigenvalue weighted by atomic mass is 9.89. The second-order valence-corrected chi connectivity index (χ2v) is 4.49. The highest BCUT2D eigenvalue weighted by Crippen LogP contribution is 2.67. The molecule has 0 heterocycles. The van der Waals surface area contributed by atoms with Crippen LogP contribution in [0.4, 0.5) is 0 Å². The number of nitriles is 1. The Morgan fingerprint density at radius 3 is 2.36 bits per heavy atom. The van der Waals surface area contributed by atoms with Crippen LogP contribution in [0.3, 0.4) is 0 Å². The minimum atomic E-state index is -0.0977. The third-order valence-electron chi connectivity index (χ3n) is 4.01. The lowest BCUT2D eigenvalue weighted by Gasteiger charge is -2.12. The highest BCUT2D eigenvalue weighted by molar-refractivity contribution is 5.45. The van der Waals surface area contributed by atoms with Gasteiger partial charge in [-0.3, -0.25) is 0 Å². The highest BCUT2D eigenvalue weighted by Gasteiger charge is 2.67. The predicted molar refractivity (Wildman–Crippen MR) is 54.6 cm³/mol. The zero-order chi connectivity index (χ0) is 9.60. The maximum atomic E-state index is 9.37. The standard InChI is InChI=1S/C13H13N/c14-9-13(10-5-2-1-3-6-10)11-7-4-8-12(11)13/h1-3,5-6,11-12H,4,7-8H2. The Bertz CT molecular complexity index is 377. The molecular formula is C13H13N. The van der Waals surface area contributed by atoms with Crippen LogP contribution in [-0.4, -0.2) is 0 Å². The molecule has 0 radical (unpaired) electrons. The third kappa shape index (κ3) is 0.792. The molecule has 14 heavy (non-hydrogen) atoms. The van der Waals surface area contributed by atoms with E-state index < -0.39 is 0 Å². The maximum absolute atomic E-state index is 9.37. The monoisotopic (exact) mass is 183 g/mol. The molecule has 2 fully saturated rings. The van der Waals surface area contributed by atoms with E-state index in [9.17, 15) is 5.26 Å². The molecule has 2 aliphatic carbocycles. The van der Waals surface area contributed by atoms with Crippen LogP contribution in [-0.2, 0) is 5.41 Å². The van der Waals surface area contributed by atoms with E-state index >= 15 is 0 Å². The van der Waals surface area contributed by atoms with E-state index in [1.165, 1.54) is 24.8 Å². The van der Waals surface area contributed by atoms with Crippen molar-refractivity contribution in [3.05, 3.63) is 35.9 Å². The quantitative estimate of drug-likeness (QED) is 0.656. The van der Waals surface area contributed by atoms with E-state index in [0.29, 0.717) is 11.8 Å². The normalized spacial score (nSPS) is 38.8. The number of nitrogens with zero attached hydrogens (tertiary/aromatic N) is 1. The Morgan fingerprint density at radius 1 is 1.14 bits per heavy atom. The van der Waals surface area contributed by atoms with Gasteiger partial charge in [-0.25, -0.2) is 0 Å². The molecule has 1 aromatic rings. The van der Waals surface area contributed by atoms with Crippen LogP contribution in [0.1, 0.15) is 24.8 Å². The van der Waals surface area contributed by atoms with E-state index in [1.54, 1.807) is 0 Å². The van der Waals surface area contributed by atoms with E-state index in [1.807, 2.05) is 18.2 Å². The SMILES string of the molecule is N#CC1(c2ccccc2)C2CCCC21. The topological polar surface area (TPSA) is 23.8 Å². The molecule has 1 aromatic carbocycles. The minimum Gasteiger partial charge on any atom is -0.197 e. The molecule has 0 spiro atoms. The second kappa shape index (κ2) is 2.60. The molecule has 0 aliphatic heterocycles. The number of hydrogen-bond donors (Lipinski definition) is 0. The summed E-state index contributed by atoms with van der Waals surface area (Å²) in [5.74, 6) is 1.32. The van der Waals surface area contributed by atoms with Crippen molar-refractivity contribution in [3.8, 4) is 6.07 Å². The molecule has 2 saturated carbocycles. The molecule has 2 aliphatic rings. The summed E-state index contributed by atoms with van der Waals surface area (Å²) in [7, 11) is 0. The molecule has 2 unspecified atom stereocenters. The summed E-state index contributed by atoms with van der Waals surface area (Å²) in [6.45, 7) is 0. The zero-order valence-electron chi connectivity index (χ0n) is 8.11.